The fraction of sp³-hybridized carbons (Fsp3) is 0.263. The second-order valence-electron chi connectivity index (χ2n) is 5.44. The maximum absolute atomic E-state index is 5.43. The topological polar surface area (TPSA) is 29.3 Å². The van der Waals surface area contributed by atoms with E-state index in [1.54, 1.807) is 0 Å². The highest BCUT2D eigenvalue weighted by Crippen LogP contribution is 2.20. The molecule has 0 bridgehead atoms. The van der Waals surface area contributed by atoms with Gasteiger partial charge in [-0.15, -0.1) is 0 Å². The van der Waals surface area contributed by atoms with Crippen molar-refractivity contribution in [2.75, 3.05) is 13.1 Å². The Kier molecular flexibility index (Phi) is 4.35. The second-order valence-corrected chi connectivity index (χ2v) is 5.44. The van der Waals surface area contributed by atoms with Gasteiger partial charge in [0.05, 0.1) is 6.54 Å². The highest BCUT2D eigenvalue weighted by Gasteiger charge is 2.15. The molecule has 2 N–H and O–H groups in total. The predicted octanol–water partition coefficient (Wildman–Crippen LogP) is 2.56. The van der Waals surface area contributed by atoms with Crippen molar-refractivity contribution in [3.63, 3.8) is 0 Å². The molecule has 0 unspecified atom stereocenters. The molecule has 1 heterocycles. The molecule has 2 heteroatoms. The summed E-state index contributed by atoms with van der Waals surface area (Å²) in [5, 5.41) is 0. The van der Waals surface area contributed by atoms with Crippen molar-refractivity contribution in [3.8, 4) is 11.8 Å². The average Bonchev–Trinajstić information content (AvgIpc) is 2.53. The van der Waals surface area contributed by atoms with Crippen LogP contribution < -0.4 is 5.73 Å². The Morgan fingerprint density at radius 3 is 2.76 bits per heavy atom. The van der Waals surface area contributed by atoms with Crippen LogP contribution in [0.25, 0.3) is 0 Å². The lowest BCUT2D eigenvalue weighted by Gasteiger charge is -2.28. The van der Waals surface area contributed by atoms with Crippen LogP contribution in [-0.2, 0) is 19.5 Å². The number of rotatable bonds is 2. The molecule has 0 fully saturated rings. The zero-order valence-corrected chi connectivity index (χ0v) is 12.2. The molecule has 0 amide bonds. The molecule has 0 aliphatic carbocycles. The zero-order valence-electron chi connectivity index (χ0n) is 12.2. The Hall–Kier alpha value is -2.08. The van der Waals surface area contributed by atoms with E-state index in [9.17, 15) is 0 Å². The number of hydrogen-bond acceptors (Lipinski definition) is 2. The molecule has 0 spiro atoms. The smallest absolute Gasteiger partial charge is 0.0555 e. The van der Waals surface area contributed by atoms with E-state index >= 15 is 0 Å². The van der Waals surface area contributed by atoms with Gasteiger partial charge in [0.2, 0.25) is 0 Å². The lowest BCUT2D eigenvalue weighted by Crippen LogP contribution is -2.29. The van der Waals surface area contributed by atoms with Gasteiger partial charge in [-0.3, -0.25) is 4.90 Å². The van der Waals surface area contributed by atoms with Crippen LogP contribution in [0.5, 0.6) is 0 Å². The summed E-state index contributed by atoms with van der Waals surface area (Å²) in [6.45, 7) is 3.55. The van der Waals surface area contributed by atoms with Crippen molar-refractivity contribution in [2.24, 2.45) is 5.73 Å². The van der Waals surface area contributed by atoms with E-state index in [2.05, 4.69) is 59.2 Å². The van der Waals surface area contributed by atoms with Crippen molar-refractivity contribution >= 4 is 0 Å². The summed E-state index contributed by atoms with van der Waals surface area (Å²) in [6, 6.07) is 17.2. The summed E-state index contributed by atoms with van der Waals surface area (Å²) in [4.78, 5) is 2.50. The normalized spacial score (nSPS) is 14.1. The van der Waals surface area contributed by atoms with Gasteiger partial charge < -0.3 is 5.73 Å². The van der Waals surface area contributed by atoms with Gasteiger partial charge in [-0.05, 0) is 35.2 Å². The number of fused-ring (bicyclic) bond motifs is 1. The number of nitrogens with two attached hydrogens (primary N) is 1. The lowest BCUT2D eigenvalue weighted by molar-refractivity contribution is 0.245. The molecule has 0 aromatic heterocycles. The Labute approximate surface area is 126 Å². The Morgan fingerprint density at radius 1 is 1.05 bits per heavy atom. The number of hydrogen-bond donors (Lipinski definition) is 1. The minimum atomic E-state index is 0.410. The summed E-state index contributed by atoms with van der Waals surface area (Å²) in [5.74, 6) is 6.02. The first kappa shape index (κ1) is 13.9. The van der Waals surface area contributed by atoms with E-state index in [1.165, 1.54) is 16.7 Å². The summed E-state index contributed by atoms with van der Waals surface area (Å²) in [6.07, 6.45) is 1.14. The quantitative estimate of drug-likeness (QED) is 0.854. The summed E-state index contributed by atoms with van der Waals surface area (Å²) < 4.78 is 0. The first-order valence-electron chi connectivity index (χ1n) is 7.42. The highest BCUT2D eigenvalue weighted by molar-refractivity contribution is 5.37. The fourth-order valence-corrected chi connectivity index (χ4v) is 2.85. The summed E-state index contributed by atoms with van der Waals surface area (Å²) in [5.41, 5.74) is 10.8. The van der Waals surface area contributed by atoms with Gasteiger partial charge >= 0.3 is 0 Å². The molecule has 3 rings (SSSR count). The summed E-state index contributed by atoms with van der Waals surface area (Å²) in [7, 11) is 0. The average molecular weight is 276 g/mol. The van der Waals surface area contributed by atoms with Crippen molar-refractivity contribution in [3.05, 3.63) is 70.8 Å². The van der Waals surface area contributed by atoms with Crippen LogP contribution in [0.4, 0.5) is 0 Å². The Balaban J connectivity index is 1.70. The maximum Gasteiger partial charge on any atom is 0.0555 e. The van der Waals surface area contributed by atoms with Crippen LogP contribution in [0, 0.1) is 11.8 Å². The molecule has 1 aliphatic heterocycles. The molecular weight excluding hydrogens is 256 g/mol. The Bertz CT molecular complexity index is 679. The lowest BCUT2D eigenvalue weighted by atomic mass is 9.99. The molecule has 0 atom stereocenters. The molecule has 0 saturated carbocycles. The van der Waals surface area contributed by atoms with Gasteiger partial charge in [-0.25, -0.2) is 0 Å². The zero-order chi connectivity index (χ0) is 14.5. The van der Waals surface area contributed by atoms with Crippen LogP contribution in [0.1, 0.15) is 22.3 Å². The van der Waals surface area contributed by atoms with Gasteiger partial charge in [-0.2, -0.15) is 0 Å². The first-order valence-corrected chi connectivity index (χ1v) is 7.42. The minimum absolute atomic E-state index is 0.410. The van der Waals surface area contributed by atoms with Crippen LogP contribution in [-0.4, -0.2) is 18.0 Å². The van der Waals surface area contributed by atoms with Gasteiger partial charge in [-0.1, -0.05) is 48.2 Å². The monoisotopic (exact) mass is 276 g/mol. The maximum atomic E-state index is 5.43. The molecule has 2 nitrogen and oxygen atoms in total. The van der Waals surface area contributed by atoms with Crippen LogP contribution in [0.15, 0.2) is 48.5 Å². The van der Waals surface area contributed by atoms with E-state index < -0.39 is 0 Å². The van der Waals surface area contributed by atoms with Gasteiger partial charge in [0.15, 0.2) is 0 Å². The predicted molar refractivity (Wildman–Crippen MR) is 86.6 cm³/mol. The molecule has 2 aromatic carbocycles. The third-order valence-corrected chi connectivity index (χ3v) is 3.88. The van der Waals surface area contributed by atoms with E-state index in [1.807, 2.05) is 6.07 Å². The number of benzene rings is 2. The fourth-order valence-electron chi connectivity index (χ4n) is 2.85. The van der Waals surface area contributed by atoms with Gasteiger partial charge in [0.1, 0.15) is 0 Å². The standard InChI is InChI=1S/C19H20N2/c20-11-4-7-16-5-3-6-17(13-16)14-21-12-10-18-8-1-2-9-19(18)15-21/h1-3,5-6,8-9,13H,10-12,14-15,20H2. The van der Waals surface area contributed by atoms with E-state index in [0.29, 0.717) is 6.54 Å². The summed E-state index contributed by atoms with van der Waals surface area (Å²) >= 11 is 0. The van der Waals surface area contributed by atoms with Crippen molar-refractivity contribution in [1.82, 2.24) is 4.90 Å². The van der Waals surface area contributed by atoms with E-state index in [0.717, 1.165) is 31.6 Å². The second kappa shape index (κ2) is 6.58. The molecule has 21 heavy (non-hydrogen) atoms. The molecule has 106 valence electrons. The molecule has 0 saturated heterocycles. The molecule has 0 radical (unpaired) electrons. The SMILES string of the molecule is NCC#Cc1cccc(CN2CCc3ccccc3C2)c1. The first-order chi connectivity index (χ1) is 10.3. The van der Waals surface area contributed by atoms with Gasteiger partial charge in [0, 0.05) is 25.2 Å². The molecule has 1 aliphatic rings. The van der Waals surface area contributed by atoms with Crippen LogP contribution >= 0.6 is 0 Å². The third kappa shape index (κ3) is 3.52. The van der Waals surface area contributed by atoms with Crippen molar-refractivity contribution in [1.29, 1.82) is 0 Å². The van der Waals surface area contributed by atoms with Gasteiger partial charge in [0.25, 0.3) is 0 Å². The number of nitrogens with zero attached hydrogens (tertiary/aromatic N) is 1. The molecule has 2 aromatic rings. The van der Waals surface area contributed by atoms with E-state index in [-0.39, 0.29) is 0 Å². The Morgan fingerprint density at radius 2 is 1.90 bits per heavy atom. The minimum Gasteiger partial charge on any atom is -0.320 e. The van der Waals surface area contributed by atoms with Crippen LogP contribution in [0.2, 0.25) is 0 Å². The van der Waals surface area contributed by atoms with E-state index in [4.69, 9.17) is 5.73 Å². The molecular formula is C19H20N2. The van der Waals surface area contributed by atoms with Crippen molar-refractivity contribution < 1.29 is 0 Å². The largest absolute Gasteiger partial charge is 0.320 e. The van der Waals surface area contributed by atoms with Crippen molar-refractivity contribution in [2.45, 2.75) is 19.5 Å². The van der Waals surface area contributed by atoms with Crippen LogP contribution in [0.3, 0.4) is 0 Å². The third-order valence-electron chi connectivity index (χ3n) is 3.88. The highest BCUT2D eigenvalue weighted by atomic mass is 15.1.